The lowest BCUT2D eigenvalue weighted by Crippen LogP contribution is -2.28. The van der Waals surface area contributed by atoms with E-state index < -0.39 is 0 Å². The van der Waals surface area contributed by atoms with Crippen molar-refractivity contribution in [1.29, 1.82) is 5.26 Å². The number of aryl methyl sites for hydroxylation is 1. The van der Waals surface area contributed by atoms with E-state index in [4.69, 9.17) is 10.00 Å². The molecule has 20 heavy (non-hydrogen) atoms. The Hall–Kier alpha value is -2.20. The lowest BCUT2D eigenvalue weighted by atomic mass is 10.1. The number of hydrogen-bond acceptors (Lipinski definition) is 6. The Bertz CT molecular complexity index is 510. The summed E-state index contributed by atoms with van der Waals surface area (Å²) in [4.78, 5) is 11.5. The van der Waals surface area contributed by atoms with Crippen molar-refractivity contribution in [3.05, 3.63) is 16.8 Å². The number of amides is 1. The molecular formula is C13H19N5O2. The van der Waals surface area contributed by atoms with Gasteiger partial charge in [-0.1, -0.05) is 0 Å². The summed E-state index contributed by atoms with van der Waals surface area (Å²) < 4.78 is 4.84. The molecule has 7 heteroatoms. The van der Waals surface area contributed by atoms with Gasteiger partial charge in [-0.05, 0) is 19.4 Å². The van der Waals surface area contributed by atoms with Crippen LogP contribution in [0.5, 0.6) is 0 Å². The van der Waals surface area contributed by atoms with Crippen molar-refractivity contribution in [3.63, 3.8) is 0 Å². The van der Waals surface area contributed by atoms with Crippen LogP contribution in [0.2, 0.25) is 0 Å². The monoisotopic (exact) mass is 277 g/mol. The summed E-state index contributed by atoms with van der Waals surface area (Å²) >= 11 is 0. The molecule has 0 saturated heterocycles. The number of hydrogen-bond donors (Lipinski definition) is 2. The van der Waals surface area contributed by atoms with Crippen LogP contribution in [0.1, 0.15) is 23.2 Å². The van der Waals surface area contributed by atoms with E-state index in [9.17, 15) is 4.79 Å². The largest absolute Gasteiger partial charge is 0.383 e. The van der Waals surface area contributed by atoms with E-state index >= 15 is 0 Å². The number of anilines is 1. The predicted molar refractivity (Wildman–Crippen MR) is 74.2 cm³/mol. The molecule has 0 fully saturated rings. The molecule has 0 aromatic carbocycles. The van der Waals surface area contributed by atoms with Crippen LogP contribution < -0.4 is 10.6 Å². The van der Waals surface area contributed by atoms with Gasteiger partial charge < -0.3 is 15.4 Å². The minimum Gasteiger partial charge on any atom is -0.383 e. The van der Waals surface area contributed by atoms with Crippen LogP contribution in [0, 0.1) is 25.2 Å². The lowest BCUT2D eigenvalue weighted by molar-refractivity contribution is -0.121. The van der Waals surface area contributed by atoms with Gasteiger partial charge in [0.15, 0.2) is 5.82 Å². The highest BCUT2D eigenvalue weighted by Crippen LogP contribution is 2.16. The fourth-order valence-electron chi connectivity index (χ4n) is 1.54. The molecule has 1 heterocycles. The maximum Gasteiger partial charge on any atom is 0.221 e. The third-order valence-electron chi connectivity index (χ3n) is 2.84. The number of nitriles is 1. The van der Waals surface area contributed by atoms with E-state index in [0.717, 1.165) is 11.3 Å². The molecule has 1 aromatic rings. The maximum atomic E-state index is 11.5. The van der Waals surface area contributed by atoms with Gasteiger partial charge in [-0.25, -0.2) is 0 Å². The molecular weight excluding hydrogens is 258 g/mol. The molecule has 0 aliphatic rings. The Morgan fingerprint density at radius 2 is 2.10 bits per heavy atom. The van der Waals surface area contributed by atoms with E-state index in [0.29, 0.717) is 37.5 Å². The van der Waals surface area contributed by atoms with Crippen LogP contribution in [0.25, 0.3) is 0 Å². The number of nitrogens with zero attached hydrogens (tertiary/aromatic N) is 3. The SMILES string of the molecule is COCCNC(=O)CCNc1nnc(C)c(C)c1C#N. The van der Waals surface area contributed by atoms with Crippen molar-refractivity contribution in [2.24, 2.45) is 0 Å². The van der Waals surface area contributed by atoms with Gasteiger partial charge in [0, 0.05) is 26.6 Å². The van der Waals surface area contributed by atoms with Crippen LogP contribution in [-0.2, 0) is 9.53 Å². The molecule has 1 amide bonds. The molecule has 0 radical (unpaired) electrons. The van der Waals surface area contributed by atoms with Gasteiger partial charge in [-0.3, -0.25) is 4.79 Å². The molecule has 108 valence electrons. The number of ether oxygens (including phenoxy) is 1. The number of rotatable bonds is 7. The summed E-state index contributed by atoms with van der Waals surface area (Å²) in [5, 5.41) is 22.7. The Morgan fingerprint density at radius 1 is 1.35 bits per heavy atom. The Kier molecular flexibility index (Phi) is 6.40. The predicted octanol–water partition coefficient (Wildman–Crippen LogP) is 0.530. The first-order valence-corrected chi connectivity index (χ1v) is 6.33. The highest BCUT2D eigenvalue weighted by atomic mass is 16.5. The first kappa shape index (κ1) is 15.9. The first-order chi connectivity index (χ1) is 9.60. The molecule has 0 spiro atoms. The summed E-state index contributed by atoms with van der Waals surface area (Å²) in [5.74, 6) is 0.338. The van der Waals surface area contributed by atoms with Gasteiger partial charge >= 0.3 is 0 Å². The molecule has 0 atom stereocenters. The zero-order chi connectivity index (χ0) is 15.0. The number of carbonyl (C=O) groups excluding carboxylic acids is 1. The van der Waals surface area contributed by atoms with Crippen LogP contribution in [0.3, 0.4) is 0 Å². The van der Waals surface area contributed by atoms with E-state index in [1.807, 2.05) is 6.92 Å². The first-order valence-electron chi connectivity index (χ1n) is 6.33. The molecule has 0 bridgehead atoms. The van der Waals surface area contributed by atoms with Gasteiger partial charge in [0.25, 0.3) is 0 Å². The van der Waals surface area contributed by atoms with Crippen LogP contribution in [-0.4, -0.2) is 42.9 Å². The Balaban J connectivity index is 2.49. The zero-order valence-corrected chi connectivity index (χ0v) is 12.0. The van der Waals surface area contributed by atoms with E-state index in [2.05, 4.69) is 26.9 Å². The number of methoxy groups -OCH3 is 1. The third-order valence-corrected chi connectivity index (χ3v) is 2.84. The minimum atomic E-state index is -0.0788. The summed E-state index contributed by atoms with van der Waals surface area (Å²) in [6, 6.07) is 2.10. The molecule has 7 nitrogen and oxygen atoms in total. The average Bonchev–Trinajstić information content (AvgIpc) is 2.43. The topological polar surface area (TPSA) is 99.9 Å². The van der Waals surface area contributed by atoms with Gasteiger partial charge in [-0.15, -0.1) is 5.10 Å². The highest BCUT2D eigenvalue weighted by Gasteiger charge is 2.10. The Morgan fingerprint density at radius 3 is 2.75 bits per heavy atom. The van der Waals surface area contributed by atoms with Crippen molar-refractivity contribution in [1.82, 2.24) is 15.5 Å². The fraction of sp³-hybridized carbons (Fsp3) is 0.538. The van der Waals surface area contributed by atoms with Crippen molar-refractivity contribution in [2.45, 2.75) is 20.3 Å². The van der Waals surface area contributed by atoms with Crippen molar-refractivity contribution in [2.75, 3.05) is 32.1 Å². The number of carbonyl (C=O) groups is 1. The standard InChI is InChI=1S/C13H19N5O2/c1-9-10(2)17-18-13(11(9)8-14)16-5-4-12(19)15-6-7-20-3/h4-7H2,1-3H3,(H,15,19)(H,16,18). The molecule has 0 aliphatic heterocycles. The minimum absolute atomic E-state index is 0.0788. The van der Waals surface area contributed by atoms with Crippen molar-refractivity contribution in [3.8, 4) is 6.07 Å². The summed E-state index contributed by atoms with van der Waals surface area (Å²) in [5.41, 5.74) is 2.00. The van der Waals surface area contributed by atoms with E-state index in [-0.39, 0.29) is 5.91 Å². The molecule has 0 saturated carbocycles. The zero-order valence-electron chi connectivity index (χ0n) is 12.0. The van der Waals surface area contributed by atoms with Crippen molar-refractivity contribution >= 4 is 11.7 Å². The smallest absolute Gasteiger partial charge is 0.221 e. The van der Waals surface area contributed by atoms with Gasteiger partial charge in [-0.2, -0.15) is 10.4 Å². The number of nitrogens with one attached hydrogen (secondary N) is 2. The Labute approximate surface area is 118 Å². The third kappa shape index (κ3) is 4.48. The molecule has 0 aliphatic carbocycles. The maximum absolute atomic E-state index is 11.5. The second-order valence-electron chi connectivity index (χ2n) is 4.27. The second-order valence-corrected chi connectivity index (χ2v) is 4.27. The van der Waals surface area contributed by atoms with Crippen molar-refractivity contribution < 1.29 is 9.53 Å². The highest BCUT2D eigenvalue weighted by molar-refractivity contribution is 5.76. The van der Waals surface area contributed by atoms with Crippen LogP contribution in [0.4, 0.5) is 5.82 Å². The van der Waals surface area contributed by atoms with E-state index in [1.165, 1.54) is 0 Å². The number of aromatic nitrogens is 2. The summed E-state index contributed by atoms with van der Waals surface area (Å²) in [7, 11) is 1.58. The normalized spacial score (nSPS) is 9.90. The average molecular weight is 277 g/mol. The molecule has 1 aromatic heterocycles. The van der Waals surface area contributed by atoms with Crippen LogP contribution in [0.15, 0.2) is 0 Å². The summed E-state index contributed by atoms with van der Waals surface area (Å²) in [6.07, 6.45) is 0.295. The molecule has 1 rings (SSSR count). The summed E-state index contributed by atoms with van der Waals surface area (Å²) in [6.45, 7) is 4.99. The van der Waals surface area contributed by atoms with E-state index in [1.54, 1.807) is 14.0 Å². The fourth-order valence-corrected chi connectivity index (χ4v) is 1.54. The van der Waals surface area contributed by atoms with Gasteiger partial charge in [0.1, 0.15) is 11.6 Å². The van der Waals surface area contributed by atoms with Gasteiger partial charge in [0.05, 0.1) is 12.3 Å². The molecule has 2 N–H and O–H groups in total. The lowest BCUT2D eigenvalue weighted by Gasteiger charge is -2.09. The molecule has 0 unspecified atom stereocenters. The second kappa shape index (κ2) is 8.07. The van der Waals surface area contributed by atoms with Crippen LogP contribution >= 0.6 is 0 Å². The quantitative estimate of drug-likeness (QED) is 0.705. The van der Waals surface area contributed by atoms with Gasteiger partial charge in [0.2, 0.25) is 5.91 Å².